The van der Waals surface area contributed by atoms with Crippen LogP contribution in [0.25, 0.3) is 0 Å². The van der Waals surface area contributed by atoms with E-state index in [1.165, 1.54) is 0 Å². The second kappa shape index (κ2) is 11.2. The van der Waals surface area contributed by atoms with Crippen molar-refractivity contribution in [2.24, 2.45) is 4.99 Å². The molecule has 0 radical (unpaired) electrons. The highest BCUT2D eigenvalue weighted by molar-refractivity contribution is 5.86. The number of amides is 1. The Morgan fingerprint density at radius 1 is 1.40 bits per heavy atom. The summed E-state index contributed by atoms with van der Waals surface area (Å²) in [6.45, 7) is 13.3. The van der Waals surface area contributed by atoms with E-state index in [0.29, 0.717) is 38.7 Å². The number of aromatic nitrogens is 3. The summed E-state index contributed by atoms with van der Waals surface area (Å²) < 4.78 is 2.00. The van der Waals surface area contributed by atoms with E-state index in [0.717, 1.165) is 12.2 Å². The van der Waals surface area contributed by atoms with Gasteiger partial charge in [0, 0.05) is 39.6 Å². The van der Waals surface area contributed by atoms with Crippen LogP contribution in [0.1, 0.15) is 26.6 Å². The molecule has 0 aliphatic heterocycles. The summed E-state index contributed by atoms with van der Waals surface area (Å²) >= 11 is 0. The maximum atomic E-state index is 12.3. The van der Waals surface area contributed by atoms with Crippen molar-refractivity contribution in [1.82, 2.24) is 29.9 Å². The summed E-state index contributed by atoms with van der Waals surface area (Å²) in [6, 6.07) is 0. The number of carbonyl (C=O) groups excluding carboxylic acids is 1. The molecule has 0 aromatic carbocycles. The monoisotopic (exact) mass is 349 g/mol. The van der Waals surface area contributed by atoms with Crippen LogP contribution in [-0.2, 0) is 17.8 Å². The molecule has 1 heterocycles. The molecule has 25 heavy (non-hydrogen) atoms. The Morgan fingerprint density at radius 2 is 2.12 bits per heavy atom. The minimum atomic E-state index is 0.0904. The lowest BCUT2D eigenvalue weighted by Gasteiger charge is -2.25. The Kier molecular flexibility index (Phi) is 9.28. The molecule has 8 heteroatoms. The number of aryl methyl sites for hydroxylation is 1. The Bertz CT molecular complexity index is 563. The van der Waals surface area contributed by atoms with E-state index in [1.807, 2.05) is 42.2 Å². The third kappa shape index (κ3) is 6.56. The molecule has 1 N–H and O–H groups in total. The summed E-state index contributed by atoms with van der Waals surface area (Å²) in [6.07, 6.45) is 4.33. The van der Waals surface area contributed by atoms with Gasteiger partial charge in [-0.15, -0.1) is 16.8 Å². The van der Waals surface area contributed by atoms with E-state index in [2.05, 4.69) is 27.1 Å². The molecule has 1 aromatic heterocycles. The van der Waals surface area contributed by atoms with E-state index < -0.39 is 0 Å². The molecule has 0 saturated carbocycles. The lowest BCUT2D eigenvalue weighted by Crippen LogP contribution is -2.45. The maximum absolute atomic E-state index is 12.3. The number of nitrogens with one attached hydrogen (secondary N) is 1. The highest BCUT2D eigenvalue weighted by Gasteiger charge is 2.15. The van der Waals surface area contributed by atoms with E-state index in [4.69, 9.17) is 0 Å². The fourth-order valence-corrected chi connectivity index (χ4v) is 2.43. The molecule has 0 bridgehead atoms. The summed E-state index contributed by atoms with van der Waals surface area (Å²) in [5.74, 6) is 1.72. The fourth-order valence-electron chi connectivity index (χ4n) is 2.43. The predicted molar refractivity (Wildman–Crippen MR) is 100 cm³/mol. The topological polar surface area (TPSA) is 78.6 Å². The van der Waals surface area contributed by atoms with Gasteiger partial charge in [0.25, 0.3) is 0 Å². The van der Waals surface area contributed by atoms with Crippen LogP contribution in [0.4, 0.5) is 0 Å². The van der Waals surface area contributed by atoms with E-state index in [1.54, 1.807) is 12.4 Å². The molecule has 8 nitrogen and oxygen atoms in total. The number of nitrogens with zero attached hydrogens (tertiary/aromatic N) is 6. The zero-order valence-corrected chi connectivity index (χ0v) is 15.9. The molecule has 0 atom stereocenters. The summed E-state index contributed by atoms with van der Waals surface area (Å²) in [5, 5.41) is 11.2. The molecule has 0 aliphatic carbocycles. The average molecular weight is 349 g/mol. The average Bonchev–Trinajstić information content (AvgIpc) is 3.06. The van der Waals surface area contributed by atoms with Crippen molar-refractivity contribution in [3.8, 4) is 0 Å². The van der Waals surface area contributed by atoms with Crippen LogP contribution < -0.4 is 5.32 Å². The highest BCUT2D eigenvalue weighted by atomic mass is 16.2. The first-order valence-corrected chi connectivity index (χ1v) is 8.82. The van der Waals surface area contributed by atoms with Crippen molar-refractivity contribution >= 4 is 11.9 Å². The second-order valence-corrected chi connectivity index (χ2v) is 5.59. The van der Waals surface area contributed by atoms with Crippen LogP contribution in [0, 0.1) is 0 Å². The molecule has 0 saturated heterocycles. The molecule has 0 spiro atoms. The lowest BCUT2D eigenvalue weighted by molar-refractivity contribution is -0.131. The summed E-state index contributed by atoms with van der Waals surface area (Å²) in [4.78, 5) is 20.6. The molecule has 140 valence electrons. The number of aliphatic imine (C=N–C) groups is 1. The van der Waals surface area contributed by atoms with Gasteiger partial charge in [-0.3, -0.25) is 9.79 Å². The van der Waals surface area contributed by atoms with Gasteiger partial charge in [-0.1, -0.05) is 13.0 Å². The number of hydrogen-bond acceptors (Lipinski definition) is 4. The van der Waals surface area contributed by atoms with Crippen LogP contribution in [0.2, 0.25) is 0 Å². The van der Waals surface area contributed by atoms with Crippen LogP contribution in [-0.4, -0.2) is 76.2 Å². The summed E-state index contributed by atoms with van der Waals surface area (Å²) in [5.41, 5.74) is 0. The van der Waals surface area contributed by atoms with Crippen molar-refractivity contribution in [3.63, 3.8) is 0 Å². The zero-order chi connectivity index (χ0) is 18.7. The first-order valence-electron chi connectivity index (χ1n) is 8.82. The Labute approximate surface area is 150 Å². The maximum Gasteiger partial charge on any atom is 0.242 e. The van der Waals surface area contributed by atoms with Gasteiger partial charge in [0.1, 0.15) is 12.2 Å². The molecule has 0 unspecified atom stereocenters. The number of guanidine groups is 1. The van der Waals surface area contributed by atoms with Crippen molar-refractivity contribution in [3.05, 3.63) is 24.8 Å². The quantitative estimate of drug-likeness (QED) is 0.383. The molecule has 1 aromatic rings. The van der Waals surface area contributed by atoms with Gasteiger partial charge in [0.2, 0.25) is 5.91 Å². The lowest BCUT2D eigenvalue weighted by atomic mass is 10.4. The van der Waals surface area contributed by atoms with Gasteiger partial charge in [-0.2, -0.15) is 0 Å². The van der Waals surface area contributed by atoms with Crippen LogP contribution in [0.15, 0.2) is 24.0 Å². The normalized spacial score (nSPS) is 11.3. The fraction of sp³-hybridized carbons (Fsp3) is 0.647. The second-order valence-electron chi connectivity index (χ2n) is 5.59. The van der Waals surface area contributed by atoms with Crippen molar-refractivity contribution in [2.45, 2.75) is 33.7 Å². The number of rotatable bonds is 10. The van der Waals surface area contributed by atoms with E-state index in [-0.39, 0.29) is 12.5 Å². The van der Waals surface area contributed by atoms with E-state index in [9.17, 15) is 4.79 Å². The van der Waals surface area contributed by atoms with Gasteiger partial charge in [-0.05, 0) is 13.8 Å². The van der Waals surface area contributed by atoms with Crippen LogP contribution >= 0.6 is 0 Å². The SMILES string of the molecule is C=CCNC(=NCCn1cnnc1CC)N(C)CC(=O)N(CC)CC. The zero-order valence-electron chi connectivity index (χ0n) is 15.9. The molecule has 0 aliphatic rings. The number of hydrogen-bond donors (Lipinski definition) is 1. The van der Waals surface area contributed by atoms with Crippen molar-refractivity contribution < 1.29 is 4.79 Å². The van der Waals surface area contributed by atoms with Gasteiger partial charge >= 0.3 is 0 Å². The number of likely N-dealkylation sites (N-methyl/N-ethyl adjacent to an activating group) is 2. The highest BCUT2D eigenvalue weighted by Crippen LogP contribution is 1.97. The predicted octanol–water partition coefficient (Wildman–Crippen LogP) is 0.772. The van der Waals surface area contributed by atoms with Gasteiger partial charge in [0.05, 0.1) is 13.1 Å². The van der Waals surface area contributed by atoms with Crippen LogP contribution in [0.5, 0.6) is 0 Å². The standard InChI is InChI=1S/C17H31N7O/c1-6-10-18-17(22(5)13-16(25)23(8-3)9-4)19-11-12-24-14-20-21-15(24)7-2/h6,14H,1,7-13H2,2-5H3,(H,18,19). The minimum Gasteiger partial charge on any atom is -0.353 e. The Hall–Kier alpha value is -2.38. The number of carbonyl (C=O) groups is 1. The Morgan fingerprint density at radius 3 is 2.72 bits per heavy atom. The molecular weight excluding hydrogens is 318 g/mol. The first kappa shape index (κ1) is 20.7. The smallest absolute Gasteiger partial charge is 0.242 e. The molecular formula is C17H31N7O. The van der Waals surface area contributed by atoms with Crippen molar-refractivity contribution in [1.29, 1.82) is 0 Å². The van der Waals surface area contributed by atoms with Gasteiger partial charge < -0.3 is 19.7 Å². The Balaban J connectivity index is 2.70. The van der Waals surface area contributed by atoms with E-state index >= 15 is 0 Å². The largest absolute Gasteiger partial charge is 0.353 e. The molecule has 1 rings (SSSR count). The van der Waals surface area contributed by atoms with Crippen LogP contribution in [0.3, 0.4) is 0 Å². The third-order valence-corrected chi connectivity index (χ3v) is 3.87. The van der Waals surface area contributed by atoms with Gasteiger partial charge in [-0.25, -0.2) is 0 Å². The van der Waals surface area contributed by atoms with Crippen molar-refractivity contribution in [2.75, 3.05) is 39.8 Å². The third-order valence-electron chi connectivity index (χ3n) is 3.87. The first-order chi connectivity index (χ1) is 12.1. The minimum absolute atomic E-state index is 0.0904. The molecule has 1 amide bonds. The van der Waals surface area contributed by atoms with Gasteiger partial charge in [0.15, 0.2) is 5.96 Å². The molecule has 0 fully saturated rings. The summed E-state index contributed by atoms with van der Waals surface area (Å²) in [7, 11) is 1.87.